The highest BCUT2D eigenvalue weighted by atomic mass is 35.5. The second-order valence-electron chi connectivity index (χ2n) is 4.19. The van der Waals surface area contributed by atoms with Crippen LogP contribution in [0, 0.1) is 0 Å². The van der Waals surface area contributed by atoms with Gasteiger partial charge in [-0.1, -0.05) is 12.1 Å². The van der Waals surface area contributed by atoms with E-state index in [1.54, 1.807) is 6.07 Å². The second-order valence-corrected chi connectivity index (χ2v) is 5.94. The van der Waals surface area contributed by atoms with Gasteiger partial charge in [-0.3, -0.25) is 0 Å². The minimum atomic E-state index is -4.30. The first kappa shape index (κ1) is 16.6. The highest BCUT2D eigenvalue weighted by Gasteiger charge is 2.34. The molecule has 1 aromatic rings. The molecule has 0 saturated carbocycles. The fourth-order valence-corrected chi connectivity index (χ4v) is 3.12. The van der Waals surface area contributed by atoms with Crippen LogP contribution in [-0.2, 0) is 6.18 Å². The zero-order valence-corrected chi connectivity index (χ0v) is 11.9. The first-order valence-corrected chi connectivity index (χ1v) is 6.91. The maximum absolute atomic E-state index is 12.8. The lowest BCUT2D eigenvalue weighted by molar-refractivity contribution is -0.139. The van der Waals surface area contributed by atoms with E-state index < -0.39 is 11.7 Å². The number of hydrogen-bond acceptors (Lipinski definition) is 3. The molecular formula is C12H16ClF3N2S. The summed E-state index contributed by atoms with van der Waals surface area (Å²) in [4.78, 5) is 0.262. The van der Waals surface area contributed by atoms with E-state index in [0.717, 1.165) is 32.0 Å². The number of halogens is 4. The summed E-state index contributed by atoms with van der Waals surface area (Å²) in [5.74, 6) is 0. The van der Waals surface area contributed by atoms with Crippen LogP contribution in [0.2, 0.25) is 0 Å². The van der Waals surface area contributed by atoms with Crippen LogP contribution in [0.3, 0.4) is 0 Å². The number of alkyl halides is 4. The third-order valence-corrected chi connectivity index (χ3v) is 4.42. The Kier molecular flexibility index (Phi) is 5.98. The Morgan fingerprint density at radius 1 is 1.16 bits per heavy atom. The van der Waals surface area contributed by atoms with Crippen LogP contribution >= 0.6 is 23.5 Å². The van der Waals surface area contributed by atoms with Crippen molar-refractivity contribution in [3.63, 3.8) is 0 Å². The Labute approximate surface area is 120 Å². The van der Waals surface area contributed by atoms with Gasteiger partial charge in [-0.2, -0.15) is 13.2 Å². The van der Waals surface area contributed by atoms with E-state index in [-0.39, 0.29) is 16.4 Å². The van der Waals surface area contributed by atoms with Gasteiger partial charge in [0.25, 0.3) is 0 Å². The monoisotopic (exact) mass is 312 g/mol. The van der Waals surface area contributed by atoms with E-state index in [1.165, 1.54) is 24.1 Å². The predicted octanol–water partition coefficient (Wildman–Crippen LogP) is 4.58. The molecular weight excluding hydrogens is 297 g/mol. The summed E-state index contributed by atoms with van der Waals surface area (Å²) < 4.78 is 40.4. The Hall–Kier alpha value is -0.430. The zero-order chi connectivity index (χ0) is 13.2. The van der Waals surface area contributed by atoms with Crippen LogP contribution in [0.15, 0.2) is 29.2 Å². The summed E-state index contributed by atoms with van der Waals surface area (Å²) >= 11 is 7.15. The molecule has 108 valence electrons. The SMILES string of the molecule is FC(F)(F)c1ccccc1SN1CCC(Cl)CC1.N. The highest BCUT2D eigenvalue weighted by molar-refractivity contribution is 7.97. The number of hydrogen-bond donors (Lipinski definition) is 1. The molecule has 0 spiro atoms. The normalized spacial score (nSPS) is 18.1. The smallest absolute Gasteiger partial charge is 0.344 e. The number of benzene rings is 1. The highest BCUT2D eigenvalue weighted by Crippen LogP contribution is 2.38. The minimum absolute atomic E-state index is 0. The van der Waals surface area contributed by atoms with E-state index in [0.29, 0.717) is 0 Å². The quantitative estimate of drug-likeness (QED) is 0.642. The van der Waals surface area contributed by atoms with Crippen molar-refractivity contribution in [3.8, 4) is 0 Å². The molecule has 0 unspecified atom stereocenters. The average molecular weight is 313 g/mol. The largest absolute Gasteiger partial charge is 0.417 e. The molecule has 1 saturated heterocycles. The fourth-order valence-electron chi connectivity index (χ4n) is 1.84. The zero-order valence-electron chi connectivity index (χ0n) is 10.3. The Morgan fingerprint density at radius 2 is 1.74 bits per heavy atom. The van der Waals surface area contributed by atoms with Crippen molar-refractivity contribution in [2.24, 2.45) is 0 Å². The van der Waals surface area contributed by atoms with Crippen LogP contribution in [0.25, 0.3) is 0 Å². The lowest BCUT2D eigenvalue weighted by atomic mass is 10.2. The molecule has 2 rings (SSSR count). The van der Waals surface area contributed by atoms with Crippen molar-refractivity contribution < 1.29 is 13.2 Å². The van der Waals surface area contributed by atoms with E-state index in [9.17, 15) is 13.2 Å². The third-order valence-electron chi connectivity index (χ3n) is 2.80. The van der Waals surface area contributed by atoms with Crippen LogP contribution in [0.5, 0.6) is 0 Å². The van der Waals surface area contributed by atoms with Crippen LogP contribution < -0.4 is 6.15 Å². The summed E-state index contributed by atoms with van der Waals surface area (Å²) in [6, 6.07) is 5.68. The maximum atomic E-state index is 12.8. The molecule has 0 radical (unpaired) electrons. The Balaban J connectivity index is 0.00000180. The summed E-state index contributed by atoms with van der Waals surface area (Å²) in [5.41, 5.74) is -0.567. The molecule has 19 heavy (non-hydrogen) atoms. The molecule has 1 heterocycles. The molecule has 0 aliphatic carbocycles. The fraction of sp³-hybridized carbons (Fsp3) is 0.500. The summed E-state index contributed by atoms with van der Waals surface area (Å²) in [7, 11) is 0. The average Bonchev–Trinajstić information content (AvgIpc) is 2.31. The van der Waals surface area contributed by atoms with E-state index >= 15 is 0 Å². The third kappa shape index (κ3) is 4.56. The molecule has 1 aliphatic rings. The predicted molar refractivity (Wildman–Crippen MR) is 72.8 cm³/mol. The number of piperidine rings is 1. The first-order chi connectivity index (χ1) is 8.47. The van der Waals surface area contributed by atoms with Gasteiger partial charge in [0.1, 0.15) is 0 Å². The van der Waals surface area contributed by atoms with Gasteiger partial charge in [-0.25, -0.2) is 4.31 Å². The molecule has 1 aliphatic heterocycles. The van der Waals surface area contributed by atoms with Gasteiger partial charge in [0.2, 0.25) is 0 Å². The molecule has 1 fully saturated rings. The molecule has 0 aromatic heterocycles. The summed E-state index contributed by atoms with van der Waals surface area (Å²) in [6.07, 6.45) is -2.65. The van der Waals surface area contributed by atoms with Gasteiger partial charge in [-0.05, 0) is 36.9 Å². The molecule has 0 bridgehead atoms. The minimum Gasteiger partial charge on any atom is -0.344 e. The van der Waals surface area contributed by atoms with Crippen LogP contribution in [0.1, 0.15) is 18.4 Å². The van der Waals surface area contributed by atoms with E-state index in [4.69, 9.17) is 11.6 Å². The maximum Gasteiger partial charge on any atom is 0.417 e. The van der Waals surface area contributed by atoms with Gasteiger partial charge >= 0.3 is 6.18 Å². The van der Waals surface area contributed by atoms with Crippen molar-refractivity contribution in [3.05, 3.63) is 29.8 Å². The van der Waals surface area contributed by atoms with E-state index in [1.807, 2.05) is 4.31 Å². The van der Waals surface area contributed by atoms with Crippen molar-refractivity contribution in [1.29, 1.82) is 0 Å². The first-order valence-electron chi connectivity index (χ1n) is 5.70. The summed E-state index contributed by atoms with van der Waals surface area (Å²) in [5, 5.41) is 0.153. The Morgan fingerprint density at radius 3 is 2.32 bits per heavy atom. The molecule has 0 atom stereocenters. The molecule has 2 nitrogen and oxygen atoms in total. The van der Waals surface area contributed by atoms with Gasteiger partial charge in [0.05, 0.1) is 5.56 Å². The second kappa shape index (κ2) is 6.83. The number of rotatable bonds is 2. The van der Waals surface area contributed by atoms with Gasteiger partial charge < -0.3 is 6.15 Å². The number of nitrogens with zero attached hydrogens (tertiary/aromatic N) is 1. The lowest BCUT2D eigenvalue weighted by Gasteiger charge is -2.28. The molecule has 7 heteroatoms. The van der Waals surface area contributed by atoms with E-state index in [2.05, 4.69) is 0 Å². The van der Waals surface area contributed by atoms with Crippen molar-refractivity contribution >= 4 is 23.5 Å². The standard InChI is InChI=1S/C12H13ClF3NS.H3N/c13-9-5-7-17(8-6-9)18-11-4-2-1-3-10(11)12(14,15)16;/h1-4,9H,5-8H2;1H3. The molecule has 0 amide bonds. The van der Waals surface area contributed by atoms with Gasteiger partial charge in [0, 0.05) is 23.4 Å². The van der Waals surface area contributed by atoms with Crippen LogP contribution in [-0.4, -0.2) is 22.8 Å². The van der Waals surface area contributed by atoms with Gasteiger partial charge in [-0.15, -0.1) is 11.6 Å². The topological polar surface area (TPSA) is 38.2 Å². The molecule has 1 aromatic carbocycles. The molecule has 3 N–H and O–H groups in total. The van der Waals surface area contributed by atoms with Crippen molar-refractivity contribution in [1.82, 2.24) is 10.5 Å². The summed E-state index contributed by atoms with van der Waals surface area (Å²) in [6.45, 7) is 1.45. The lowest BCUT2D eigenvalue weighted by Crippen LogP contribution is -2.29. The van der Waals surface area contributed by atoms with Crippen molar-refractivity contribution in [2.45, 2.75) is 29.3 Å². The van der Waals surface area contributed by atoms with Crippen LogP contribution in [0.4, 0.5) is 13.2 Å². The van der Waals surface area contributed by atoms with Gasteiger partial charge in [0.15, 0.2) is 0 Å². The van der Waals surface area contributed by atoms with Crippen molar-refractivity contribution in [2.75, 3.05) is 13.1 Å². The Bertz CT molecular complexity index is 406.